The first-order valence-corrected chi connectivity index (χ1v) is 7.13. The summed E-state index contributed by atoms with van der Waals surface area (Å²) < 4.78 is 0.869. The maximum absolute atomic E-state index is 12.1. The number of halogens is 1. The van der Waals surface area contributed by atoms with E-state index >= 15 is 0 Å². The van der Waals surface area contributed by atoms with Crippen LogP contribution in [0.2, 0.25) is 0 Å². The van der Waals surface area contributed by atoms with Gasteiger partial charge in [0.1, 0.15) is 0 Å². The number of carbonyl (C=O) groups excluding carboxylic acids is 2. The molecule has 0 aromatic heterocycles. The summed E-state index contributed by atoms with van der Waals surface area (Å²) >= 11 is 3.44. The van der Waals surface area contributed by atoms with Crippen molar-refractivity contribution in [3.8, 4) is 0 Å². The topological polar surface area (TPSA) is 49.4 Å². The fourth-order valence-electron chi connectivity index (χ4n) is 2.19. The van der Waals surface area contributed by atoms with Crippen LogP contribution in [0.5, 0.6) is 0 Å². The molecule has 0 aliphatic carbocycles. The van der Waals surface area contributed by atoms with Crippen molar-refractivity contribution in [2.24, 2.45) is 5.92 Å². The number of benzene rings is 1. The maximum Gasteiger partial charge on any atom is 0.227 e. The molecule has 0 radical (unpaired) electrons. The quantitative estimate of drug-likeness (QED) is 0.927. The van der Waals surface area contributed by atoms with E-state index < -0.39 is 0 Å². The van der Waals surface area contributed by atoms with E-state index in [9.17, 15) is 9.59 Å². The average molecular weight is 325 g/mol. The molecule has 19 heavy (non-hydrogen) atoms. The summed E-state index contributed by atoms with van der Waals surface area (Å²) in [7, 11) is 0. The summed E-state index contributed by atoms with van der Waals surface area (Å²) in [5.74, 6) is -0.310. The lowest BCUT2D eigenvalue weighted by Gasteiger charge is -2.18. The number of carbonyl (C=O) groups is 2. The summed E-state index contributed by atoms with van der Waals surface area (Å²) in [5.41, 5.74) is 0.826. The molecule has 1 atom stereocenters. The highest BCUT2D eigenvalue weighted by Crippen LogP contribution is 2.31. The van der Waals surface area contributed by atoms with Crippen LogP contribution in [0.4, 0.5) is 5.69 Å². The van der Waals surface area contributed by atoms with E-state index in [4.69, 9.17) is 0 Å². The lowest BCUT2D eigenvalue weighted by atomic mass is 10.1. The Labute approximate surface area is 121 Å². The lowest BCUT2D eigenvalue weighted by molar-refractivity contribution is -0.126. The molecule has 2 amide bonds. The fourth-order valence-corrected chi connectivity index (χ4v) is 2.69. The molecule has 2 rings (SSSR count). The second-order valence-electron chi connectivity index (χ2n) is 5.02. The van der Waals surface area contributed by atoms with Crippen molar-refractivity contribution < 1.29 is 9.59 Å². The Morgan fingerprint density at radius 2 is 2.11 bits per heavy atom. The van der Waals surface area contributed by atoms with Gasteiger partial charge in [0, 0.05) is 23.5 Å². The minimum atomic E-state index is -0.262. The molecule has 1 aromatic rings. The van der Waals surface area contributed by atoms with Crippen molar-refractivity contribution in [3.05, 3.63) is 28.7 Å². The van der Waals surface area contributed by atoms with Crippen molar-refractivity contribution in [3.63, 3.8) is 0 Å². The van der Waals surface area contributed by atoms with Gasteiger partial charge in [0.2, 0.25) is 11.8 Å². The van der Waals surface area contributed by atoms with Crippen LogP contribution in [-0.2, 0) is 9.59 Å². The van der Waals surface area contributed by atoms with Crippen LogP contribution in [0.1, 0.15) is 20.3 Å². The van der Waals surface area contributed by atoms with Crippen molar-refractivity contribution >= 4 is 33.4 Å². The number of nitrogens with zero attached hydrogens (tertiary/aromatic N) is 1. The average Bonchev–Trinajstić information content (AvgIpc) is 2.71. The molecule has 0 bridgehead atoms. The van der Waals surface area contributed by atoms with E-state index in [1.54, 1.807) is 4.90 Å². The summed E-state index contributed by atoms with van der Waals surface area (Å²) in [6.45, 7) is 4.28. The predicted molar refractivity (Wildman–Crippen MR) is 77.9 cm³/mol. The van der Waals surface area contributed by atoms with E-state index in [0.29, 0.717) is 6.54 Å². The molecule has 5 heteroatoms. The summed E-state index contributed by atoms with van der Waals surface area (Å²) in [6.07, 6.45) is 0.278. The minimum Gasteiger partial charge on any atom is -0.354 e. The standard InChI is InChI=1S/C14H17BrN2O2/c1-9(2)16-14(19)10-7-13(18)17(8-10)12-6-4-3-5-11(12)15/h3-6,9-10H,7-8H2,1-2H3,(H,16,19)/t10-/m1/s1. The van der Waals surface area contributed by atoms with E-state index in [1.807, 2.05) is 38.1 Å². The molecule has 0 spiro atoms. The molecule has 1 aromatic carbocycles. The summed E-state index contributed by atoms with van der Waals surface area (Å²) in [4.78, 5) is 25.7. The predicted octanol–water partition coefficient (Wildman–Crippen LogP) is 2.33. The number of hydrogen-bond donors (Lipinski definition) is 1. The van der Waals surface area contributed by atoms with Crippen LogP contribution in [-0.4, -0.2) is 24.4 Å². The Bertz CT molecular complexity index is 502. The highest BCUT2D eigenvalue weighted by Gasteiger charge is 2.35. The highest BCUT2D eigenvalue weighted by atomic mass is 79.9. The molecule has 1 heterocycles. The number of hydrogen-bond acceptors (Lipinski definition) is 2. The molecule has 1 aliphatic heterocycles. The zero-order chi connectivity index (χ0) is 14.0. The van der Waals surface area contributed by atoms with E-state index in [0.717, 1.165) is 10.2 Å². The molecular weight excluding hydrogens is 308 g/mol. The van der Waals surface area contributed by atoms with Gasteiger partial charge >= 0.3 is 0 Å². The van der Waals surface area contributed by atoms with Crippen LogP contribution in [0.25, 0.3) is 0 Å². The third-order valence-corrected chi connectivity index (χ3v) is 3.74. The third kappa shape index (κ3) is 3.15. The molecule has 1 fully saturated rings. The smallest absolute Gasteiger partial charge is 0.227 e. The van der Waals surface area contributed by atoms with Gasteiger partial charge in [-0.2, -0.15) is 0 Å². The van der Waals surface area contributed by atoms with E-state index in [1.165, 1.54) is 0 Å². The van der Waals surface area contributed by atoms with Gasteiger partial charge in [-0.1, -0.05) is 12.1 Å². The Balaban J connectivity index is 2.12. The van der Waals surface area contributed by atoms with Crippen LogP contribution in [0, 0.1) is 5.92 Å². The van der Waals surface area contributed by atoms with Gasteiger partial charge in [-0.15, -0.1) is 0 Å². The molecule has 0 saturated carbocycles. The first-order chi connectivity index (χ1) is 8.99. The first-order valence-electron chi connectivity index (χ1n) is 6.34. The zero-order valence-corrected chi connectivity index (χ0v) is 12.6. The van der Waals surface area contributed by atoms with Crippen LogP contribution >= 0.6 is 15.9 Å². The maximum atomic E-state index is 12.1. The Morgan fingerprint density at radius 3 is 2.74 bits per heavy atom. The molecule has 1 saturated heterocycles. The number of anilines is 1. The fraction of sp³-hybridized carbons (Fsp3) is 0.429. The first kappa shape index (κ1) is 14.1. The van der Waals surface area contributed by atoms with E-state index in [2.05, 4.69) is 21.2 Å². The van der Waals surface area contributed by atoms with Crippen molar-refractivity contribution in [1.29, 1.82) is 0 Å². The number of rotatable bonds is 3. The zero-order valence-electron chi connectivity index (χ0n) is 11.0. The third-order valence-electron chi connectivity index (χ3n) is 3.07. The van der Waals surface area contributed by atoms with Gasteiger partial charge in [-0.25, -0.2) is 0 Å². The second-order valence-corrected chi connectivity index (χ2v) is 5.87. The molecule has 102 valence electrons. The minimum absolute atomic E-state index is 0.00388. The largest absolute Gasteiger partial charge is 0.354 e. The van der Waals surface area contributed by atoms with Gasteiger partial charge in [-0.3, -0.25) is 9.59 Å². The summed E-state index contributed by atoms with van der Waals surface area (Å²) in [5, 5.41) is 2.86. The summed E-state index contributed by atoms with van der Waals surface area (Å²) in [6, 6.07) is 7.65. The van der Waals surface area contributed by atoms with Gasteiger partial charge in [0.15, 0.2) is 0 Å². The molecule has 4 nitrogen and oxygen atoms in total. The van der Waals surface area contributed by atoms with Crippen LogP contribution in [0.15, 0.2) is 28.7 Å². The van der Waals surface area contributed by atoms with E-state index in [-0.39, 0.29) is 30.2 Å². The molecule has 1 N–H and O–H groups in total. The number of amides is 2. The Hall–Kier alpha value is -1.36. The van der Waals surface area contributed by atoms with Crippen LogP contribution < -0.4 is 10.2 Å². The van der Waals surface area contributed by atoms with Crippen molar-refractivity contribution in [2.75, 3.05) is 11.4 Å². The van der Waals surface area contributed by atoms with Crippen molar-refractivity contribution in [2.45, 2.75) is 26.3 Å². The molecule has 1 aliphatic rings. The SMILES string of the molecule is CC(C)NC(=O)[C@@H]1CC(=O)N(c2ccccc2Br)C1. The number of para-hydroxylation sites is 1. The molecule has 0 unspecified atom stereocenters. The van der Waals surface area contributed by atoms with Gasteiger partial charge in [-0.05, 0) is 41.9 Å². The van der Waals surface area contributed by atoms with Gasteiger partial charge < -0.3 is 10.2 Å². The number of nitrogens with one attached hydrogen (secondary N) is 1. The van der Waals surface area contributed by atoms with Gasteiger partial charge in [0.25, 0.3) is 0 Å². The van der Waals surface area contributed by atoms with Crippen LogP contribution in [0.3, 0.4) is 0 Å². The lowest BCUT2D eigenvalue weighted by Crippen LogP contribution is -2.37. The monoisotopic (exact) mass is 324 g/mol. The normalized spacial score (nSPS) is 19.1. The highest BCUT2D eigenvalue weighted by molar-refractivity contribution is 9.10. The van der Waals surface area contributed by atoms with Crippen molar-refractivity contribution in [1.82, 2.24) is 5.32 Å². The molecular formula is C14H17BrN2O2. The van der Waals surface area contributed by atoms with Gasteiger partial charge in [0.05, 0.1) is 11.6 Å². The second kappa shape index (κ2) is 5.74. The Morgan fingerprint density at radius 1 is 1.42 bits per heavy atom. The Kier molecular flexibility index (Phi) is 4.24.